The van der Waals surface area contributed by atoms with Gasteiger partial charge in [0, 0.05) is 13.0 Å². The van der Waals surface area contributed by atoms with Gasteiger partial charge >= 0.3 is 0 Å². The van der Waals surface area contributed by atoms with E-state index in [0.29, 0.717) is 26.2 Å². The predicted octanol–water partition coefficient (Wildman–Crippen LogP) is 0.882. The Hall–Kier alpha value is -0.720. The minimum Gasteiger partial charge on any atom is -0.378 e. The zero-order chi connectivity index (χ0) is 14.7. The summed E-state index contributed by atoms with van der Waals surface area (Å²) in [6, 6.07) is 0. The van der Waals surface area contributed by atoms with E-state index in [2.05, 4.69) is 10.6 Å². The molecular formula is C13H27FN2O3. The molecule has 1 atom stereocenters. The van der Waals surface area contributed by atoms with E-state index in [9.17, 15) is 9.18 Å². The summed E-state index contributed by atoms with van der Waals surface area (Å²) in [6.07, 6.45) is -0.895. The van der Waals surface area contributed by atoms with Crippen molar-refractivity contribution in [1.29, 1.82) is 0 Å². The first-order chi connectivity index (χ1) is 8.94. The molecule has 0 saturated carbocycles. The fraction of sp³-hybridized carbons (Fsp3) is 0.923. The van der Waals surface area contributed by atoms with Crippen molar-refractivity contribution in [3.63, 3.8) is 0 Å². The molecule has 0 aromatic carbocycles. The van der Waals surface area contributed by atoms with Crippen LogP contribution in [0.4, 0.5) is 4.39 Å². The largest absolute Gasteiger partial charge is 0.378 e. The molecule has 2 N–H and O–H groups in total. The first-order valence-corrected chi connectivity index (χ1v) is 6.71. The molecule has 114 valence electrons. The average Bonchev–Trinajstić information content (AvgIpc) is 2.39. The third-order valence-corrected chi connectivity index (χ3v) is 2.75. The van der Waals surface area contributed by atoms with E-state index in [1.165, 1.54) is 0 Å². The zero-order valence-electron chi connectivity index (χ0n) is 12.4. The van der Waals surface area contributed by atoms with E-state index in [1.54, 1.807) is 20.8 Å². The number of rotatable bonds is 11. The highest BCUT2D eigenvalue weighted by Gasteiger charge is 2.30. The molecule has 0 rings (SSSR count). The fourth-order valence-corrected chi connectivity index (χ4v) is 1.30. The molecule has 0 aromatic heterocycles. The number of nitrogens with one attached hydrogen (secondary N) is 2. The maximum atomic E-state index is 13.9. The number of carbonyl (C=O) groups excluding carboxylic acids is 1. The number of halogens is 1. The summed E-state index contributed by atoms with van der Waals surface area (Å²) >= 11 is 0. The molecule has 0 saturated heterocycles. The van der Waals surface area contributed by atoms with Crippen LogP contribution in [0.5, 0.6) is 0 Å². The van der Waals surface area contributed by atoms with Gasteiger partial charge in [0.2, 0.25) is 5.91 Å². The molecule has 0 aliphatic rings. The number of ether oxygens (including phenoxy) is 2. The van der Waals surface area contributed by atoms with Crippen LogP contribution in [0.15, 0.2) is 0 Å². The van der Waals surface area contributed by atoms with Crippen molar-refractivity contribution < 1.29 is 18.7 Å². The lowest BCUT2D eigenvalue weighted by atomic mass is 10.0. The average molecular weight is 278 g/mol. The Bertz CT molecular complexity index is 250. The van der Waals surface area contributed by atoms with Crippen LogP contribution in [0.1, 0.15) is 27.2 Å². The molecule has 0 aromatic rings. The third kappa shape index (κ3) is 8.91. The van der Waals surface area contributed by atoms with Crippen LogP contribution in [-0.2, 0) is 14.3 Å². The van der Waals surface area contributed by atoms with Gasteiger partial charge in [-0.3, -0.25) is 4.79 Å². The smallest absolute Gasteiger partial charge is 0.219 e. The first kappa shape index (κ1) is 18.3. The predicted molar refractivity (Wildman–Crippen MR) is 73.0 cm³/mol. The van der Waals surface area contributed by atoms with Gasteiger partial charge in [0.15, 0.2) is 0 Å². The highest BCUT2D eigenvalue weighted by Crippen LogP contribution is 2.17. The van der Waals surface area contributed by atoms with Crippen molar-refractivity contribution in [2.24, 2.45) is 0 Å². The molecule has 0 fully saturated rings. The van der Waals surface area contributed by atoms with Crippen molar-refractivity contribution in [1.82, 2.24) is 10.6 Å². The zero-order valence-corrected chi connectivity index (χ0v) is 12.4. The number of alkyl halides is 1. The topological polar surface area (TPSA) is 59.6 Å². The van der Waals surface area contributed by atoms with Crippen LogP contribution < -0.4 is 10.6 Å². The summed E-state index contributed by atoms with van der Waals surface area (Å²) in [5.41, 5.74) is -0.937. The lowest BCUT2D eigenvalue weighted by molar-refractivity contribution is -0.122. The Morgan fingerprint density at radius 3 is 2.58 bits per heavy atom. The first-order valence-electron chi connectivity index (χ1n) is 6.71. The normalized spacial score (nSPS) is 13.3. The van der Waals surface area contributed by atoms with E-state index in [-0.39, 0.29) is 12.5 Å². The van der Waals surface area contributed by atoms with Gasteiger partial charge in [-0.2, -0.15) is 0 Å². The van der Waals surface area contributed by atoms with Crippen LogP contribution in [0.3, 0.4) is 0 Å². The second kappa shape index (κ2) is 10.1. The van der Waals surface area contributed by atoms with Crippen LogP contribution in [0, 0.1) is 0 Å². The van der Waals surface area contributed by atoms with Crippen molar-refractivity contribution in [2.75, 3.05) is 40.0 Å². The number of hydrogen-bond acceptors (Lipinski definition) is 4. The molecule has 0 spiro atoms. The van der Waals surface area contributed by atoms with Gasteiger partial charge in [-0.25, -0.2) is 4.39 Å². The highest BCUT2D eigenvalue weighted by atomic mass is 19.1. The molecule has 6 heteroatoms. The lowest BCUT2D eigenvalue weighted by Crippen LogP contribution is -2.44. The van der Waals surface area contributed by atoms with Gasteiger partial charge in [0.25, 0.3) is 0 Å². The minimum absolute atomic E-state index is 0.0275. The molecule has 0 bridgehead atoms. The van der Waals surface area contributed by atoms with Crippen LogP contribution >= 0.6 is 0 Å². The number of carbonyl (C=O) groups is 1. The maximum absolute atomic E-state index is 13.9. The Balaban J connectivity index is 3.78. The van der Waals surface area contributed by atoms with Crippen molar-refractivity contribution >= 4 is 5.91 Å². The van der Waals surface area contributed by atoms with E-state index < -0.39 is 11.8 Å². The van der Waals surface area contributed by atoms with E-state index >= 15 is 0 Å². The molecule has 1 amide bonds. The van der Waals surface area contributed by atoms with Crippen LogP contribution in [-0.4, -0.2) is 57.6 Å². The van der Waals surface area contributed by atoms with Gasteiger partial charge in [-0.1, -0.05) is 6.92 Å². The monoisotopic (exact) mass is 278 g/mol. The minimum atomic E-state index is -1.25. The summed E-state index contributed by atoms with van der Waals surface area (Å²) in [4.78, 5) is 11.1. The molecular weight excluding hydrogens is 251 g/mol. The molecule has 1 unspecified atom stereocenters. The second-order valence-electron chi connectivity index (χ2n) is 4.79. The van der Waals surface area contributed by atoms with Gasteiger partial charge in [-0.05, 0) is 20.9 Å². The molecule has 0 heterocycles. The van der Waals surface area contributed by atoms with Gasteiger partial charge in [-0.15, -0.1) is 0 Å². The number of amides is 1. The van der Waals surface area contributed by atoms with Crippen LogP contribution in [0.25, 0.3) is 0 Å². The number of hydrogen-bond donors (Lipinski definition) is 2. The van der Waals surface area contributed by atoms with Gasteiger partial charge < -0.3 is 20.1 Å². The Labute approximate surface area is 115 Å². The van der Waals surface area contributed by atoms with Crippen molar-refractivity contribution in [3.8, 4) is 0 Å². The lowest BCUT2D eigenvalue weighted by Gasteiger charge is -2.29. The summed E-state index contributed by atoms with van der Waals surface area (Å²) in [5.74, 6) is -0.158. The summed E-state index contributed by atoms with van der Waals surface area (Å²) in [5, 5.41) is 5.48. The van der Waals surface area contributed by atoms with Gasteiger partial charge in [0.05, 0.1) is 32.0 Å². The van der Waals surface area contributed by atoms with E-state index in [4.69, 9.17) is 9.47 Å². The van der Waals surface area contributed by atoms with Crippen molar-refractivity contribution in [3.05, 3.63) is 0 Å². The Morgan fingerprint density at radius 2 is 2.00 bits per heavy atom. The van der Waals surface area contributed by atoms with Gasteiger partial charge in [0.1, 0.15) is 6.17 Å². The summed E-state index contributed by atoms with van der Waals surface area (Å²) < 4.78 is 24.7. The van der Waals surface area contributed by atoms with Crippen LogP contribution in [0.2, 0.25) is 0 Å². The van der Waals surface area contributed by atoms with E-state index in [1.807, 2.05) is 7.05 Å². The molecule has 19 heavy (non-hydrogen) atoms. The fourth-order valence-electron chi connectivity index (χ4n) is 1.30. The highest BCUT2D eigenvalue weighted by molar-refractivity contribution is 5.75. The quantitative estimate of drug-likeness (QED) is 0.551. The summed E-state index contributed by atoms with van der Waals surface area (Å²) in [7, 11) is 1.85. The Morgan fingerprint density at radius 1 is 1.32 bits per heavy atom. The standard InChI is InChI=1S/C13H27FN2O3/c1-5-12(17)16-10-11(14)13(2,3)19-9-8-18-7-6-15-4/h11,15H,5-10H2,1-4H3,(H,16,17). The molecule has 0 aliphatic heterocycles. The van der Waals surface area contributed by atoms with Crippen molar-refractivity contribution in [2.45, 2.75) is 39.0 Å². The molecule has 5 nitrogen and oxygen atoms in total. The summed E-state index contributed by atoms with van der Waals surface area (Å²) in [6.45, 7) is 7.18. The second-order valence-corrected chi connectivity index (χ2v) is 4.79. The molecule has 0 radical (unpaired) electrons. The SMILES string of the molecule is CCC(=O)NCC(F)C(C)(C)OCCOCCNC. The Kier molecular flexibility index (Phi) is 9.73. The molecule has 0 aliphatic carbocycles. The number of likely N-dealkylation sites (N-methyl/N-ethyl adjacent to an activating group) is 1. The maximum Gasteiger partial charge on any atom is 0.219 e. The third-order valence-electron chi connectivity index (χ3n) is 2.75. The van der Waals surface area contributed by atoms with E-state index in [0.717, 1.165) is 6.54 Å².